The van der Waals surface area contributed by atoms with E-state index in [9.17, 15) is 0 Å². The van der Waals surface area contributed by atoms with Crippen LogP contribution in [-0.4, -0.2) is 26.6 Å². The van der Waals surface area contributed by atoms with Crippen LogP contribution in [0.3, 0.4) is 0 Å². The summed E-state index contributed by atoms with van der Waals surface area (Å²) in [6, 6.07) is 8.65. The van der Waals surface area contributed by atoms with Crippen LogP contribution in [0.5, 0.6) is 0 Å². The molecule has 18 heavy (non-hydrogen) atoms. The van der Waals surface area contributed by atoms with Crippen molar-refractivity contribution in [2.24, 2.45) is 4.99 Å². The van der Waals surface area contributed by atoms with E-state index in [4.69, 9.17) is 0 Å². The fourth-order valence-electron chi connectivity index (χ4n) is 1.75. The van der Waals surface area contributed by atoms with Crippen molar-refractivity contribution in [3.63, 3.8) is 0 Å². The van der Waals surface area contributed by atoms with E-state index in [2.05, 4.69) is 60.7 Å². The van der Waals surface area contributed by atoms with Crippen molar-refractivity contribution in [3.8, 4) is 0 Å². The van der Waals surface area contributed by atoms with Crippen LogP contribution in [0.1, 0.15) is 25.0 Å². The van der Waals surface area contributed by atoms with Crippen LogP contribution in [0, 0.1) is 6.92 Å². The minimum Gasteiger partial charge on any atom is -0.359 e. The van der Waals surface area contributed by atoms with Gasteiger partial charge in [-0.1, -0.05) is 43.7 Å². The van der Waals surface area contributed by atoms with Gasteiger partial charge in [-0.2, -0.15) is 0 Å². The first-order chi connectivity index (χ1) is 7.99. The summed E-state index contributed by atoms with van der Waals surface area (Å²) in [5, 5.41) is 6.34. The molecule has 0 aliphatic carbocycles. The summed E-state index contributed by atoms with van der Waals surface area (Å²) in [7, 11) is 3.65. The molecule has 0 saturated heterocycles. The van der Waals surface area contributed by atoms with E-state index in [1.54, 1.807) is 7.05 Å². The number of benzene rings is 1. The van der Waals surface area contributed by atoms with Crippen LogP contribution in [0.15, 0.2) is 29.3 Å². The third-order valence-corrected chi connectivity index (χ3v) is 2.96. The first kappa shape index (κ1) is 17.2. The molecule has 0 fully saturated rings. The SMILES string of the molecule is CN=C(NC)NCC(C)(C)c1cccc(C)c1.I. The Balaban J connectivity index is 0.00000289. The lowest BCUT2D eigenvalue weighted by molar-refractivity contribution is 0.509. The zero-order valence-corrected chi connectivity index (χ0v) is 14.2. The molecule has 0 saturated carbocycles. The maximum atomic E-state index is 4.12. The molecule has 0 spiro atoms. The second kappa shape index (κ2) is 7.61. The Bertz CT molecular complexity index is 400. The zero-order chi connectivity index (χ0) is 12.9. The predicted molar refractivity (Wildman–Crippen MR) is 90.0 cm³/mol. The lowest BCUT2D eigenvalue weighted by Gasteiger charge is -2.26. The van der Waals surface area contributed by atoms with E-state index < -0.39 is 0 Å². The predicted octanol–water partition coefficient (Wildman–Crippen LogP) is 2.69. The van der Waals surface area contributed by atoms with Gasteiger partial charge in [0.15, 0.2) is 5.96 Å². The number of aliphatic imine (C=N–C) groups is 1. The first-order valence-corrected chi connectivity index (χ1v) is 5.95. The van der Waals surface area contributed by atoms with Gasteiger partial charge >= 0.3 is 0 Å². The molecule has 1 rings (SSSR count). The lowest BCUT2D eigenvalue weighted by atomic mass is 9.84. The fraction of sp³-hybridized carbons (Fsp3) is 0.500. The monoisotopic (exact) mass is 361 g/mol. The Morgan fingerprint density at radius 2 is 2.00 bits per heavy atom. The third kappa shape index (κ3) is 4.84. The van der Waals surface area contributed by atoms with Gasteiger partial charge in [0.05, 0.1) is 0 Å². The molecule has 1 aromatic rings. The molecule has 0 amide bonds. The molecule has 0 atom stereocenters. The summed E-state index contributed by atoms with van der Waals surface area (Å²) in [6.45, 7) is 7.44. The Kier molecular flexibility index (Phi) is 7.28. The molecule has 0 heterocycles. The van der Waals surface area contributed by atoms with Crippen molar-refractivity contribution in [2.45, 2.75) is 26.2 Å². The summed E-state index contributed by atoms with van der Waals surface area (Å²) >= 11 is 0. The van der Waals surface area contributed by atoms with Gasteiger partial charge in [0, 0.05) is 26.1 Å². The van der Waals surface area contributed by atoms with Crippen molar-refractivity contribution >= 4 is 29.9 Å². The standard InChI is InChI=1S/C14H23N3.HI/c1-11-7-6-8-12(9-11)14(2,3)10-17-13(15-4)16-5;/h6-9H,10H2,1-5H3,(H2,15,16,17);1H. The molecule has 0 aliphatic heterocycles. The Labute approximate surface area is 127 Å². The van der Waals surface area contributed by atoms with Crippen molar-refractivity contribution in [1.29, 1.82) is 0 Å². The molecule has 0 bridgehead atoms. The number of nitrogens with one attached hydrogen (secondary N) is 2. The highest BCUT2D eigenvalue weighted by Gasteiger charge is 2.20. The highest BCUT2D eigenvalue weighted by Crippen LogP contribution is 2.22. The second-order valence-corrected chi connectivity index (χ2v) is 4.93. The zero-order valence-electron chi connectivity index (χ0n) is 11.9. The summed E-state index contributed by atoms with van der Waals surface area (Å²) in [5.41, 5.74) is 2.73. The Morgan fingerprint density at radius 1 is 1.33 bits per heavy atom. The third-order valence-electron chi connectivity index (χ3n) is 2.96. The maximum absolute atomic E-state index is 4.12. The first-order valence-electron chi connectivity index (χ1n) is 5.95. The largest absolute Gasteiger partial charge is 0.359 e. The van der Waals surface area contributed by atoms with Gasteiger partial charge in [-0.25, -0.2) is 0 Å². The molecule has 0 radical (unpaired) electrons. The number of halogens is 1. The van der Waals surface area contributed by atoms with Crippen LogP contribution >= 0.6 is 24.0 Å². The minimum absolute atomic E-state index is 0. The van der Waals surface area contributed by atoms with Gasteiger partial charge in [0.1, 0.15) is 0 Å². The number of nitrogens with zero attached hydrogens (tertiary/aromatic N) is 1. The fourth-order valence-corrected chi connectivity index (χ4v) is 1.75. The van der Waals surface area contributed by atoms with E-state index in [0.717, 1.165) is 12.5 Å². The second-order valence-electron chi connectivity index (χ2n) is 4.93. The van der Waals surface area contributed by atoms with Crippen molar-refractivity contribution < 1.29 is 0 Å². The number of hydrogen-bond donors (Lipinski definition) is 2. The smallest absolute Gasteiger partial charge is 0.190 e. The van der Waals surface area contributed by atoms with Crippen molar-refractivity contribution in [1.82, 2.24) is 10.6 Å². The summed E-state index contributed by atoms with van der Waals surface area (Å²) < 4.78 is 0. The molecule has 2 N–H and O–H groups in total. The molecule has 1 aromatic carbocycles. The van der Waals surface area contributed by atoms with Gasteiger partial charge in [-0.15, -0.1) is 24.0 Å². The summed E-state index contributed by atoms with van der Waals surface area (Å²) in [4.78, 5) is 4.12. The average Bonchev–Trinajstić information content (AvgIpc) is 2.30. The molecule has 0 aliphatic rings. The van der Waals surface area contributed by atoms with Gasteiger partial charge in [0.2, 0.25) is 0 Å². The van der Waals surface area contributed by atoms with Crippen molar-refractivity contribution in [2.75, 3.05) is 20.6 Å². The minimum atomic E-state index is 0. The molecular weight excluding hydrogens is 337 g/mol. The molecule has 0 unspecified atom stereocenters. The molecule has 0 aromatic heterocycles. The number of hydrogen-bond acceptors (Lipinski definition) is 1. The maximum Gasteiger partial charge on any atom is 0.190 e. The number of guanidine groups is 1. The Hall–Kier alpha value is -0.780. The van der Waals surface area contributed by atoms with Crippen LogP contribution in [0.25, 0.3) is 0 Å². The van der Waals surface area contributed by atoms with Gasteiger partial charge < -0.3 is 10.6 Å². The highest BCUT2D eigenvalue weighted by molar-refractivity contribution is 14.0. The quantitative estimate of drug-likeness (QED) is 0.494. The lowest BCUT2D eigenvalue weighted by Crippen LogP contribution is -2.42. The van der Waals surface area contributed by atoms with Gasteiger partial charge in [0.25, 0.3) is 0 Å². The molecule has 3 nitrogen and oxygen atoms in total. The van der Waals surface area contributed by atoms with Gasteiger partial charge in [-0.05, 0) is 12.5 Å². The van der Waals surface area contributed by atoms with Crippen LogP contribution in [-0.2, 0) is 5.41 Å². The number of aryl methyl sites for hydroxylation is 1. The van der Waals surface area contributed by atoms with E-state index in [-0.39, 0.29) is 29.4 Å². The van der Waals surface area contributed by atoms with Crippen LogP contribution in [0.2, 0.25) is 0 Å². The van der Waals surface area contributed by atoms with E-state index >= 15 is 0 Å². The van der Waals surface area contributed by atoms with Crippen molar-refractivity contribution in [3.05, 3.63) is 35.4 Å². The van der Waals surface area contributed by atoms with Crippen LogP contribution in [0.4, 0.5) is 0 Å². The highest BCUT2D eigenvalue weighted by atomic mass is 127. The normalized spacial score (nSPS) is 11.7. The summed E-state index contributed by atoms with van der Waals surface area (Å²) in [5.74, 6) is 0.825. The van der Waals surface area contributed by atoms with E-state index in [0.29, 0.717) is 0 Å². The summed E-state index contributed by atoms with van der Waals surface area (Å²) in [6.07, 6.45) is 0. The average molecular weight is 361 g/mol. The molecular formula is C14H24IN3. The topological polar surface area (TPSA) is 36.4 Å². The Morgan fingerprint density at radius 3 is 2.50 bits per heavy atom. The van der Waals surface area contributed by atoms with E-state index in [1.165, 1.54) is 11.1 Å². The van der Waals surface area contributed by atoms with Crippen LogP contribution < -0.4 is 10.6 Å². The van der Waals surface area contributed by atoms with E-state index in [1.807, 2.05) is 7.05 Å². The number of rotatable bonds is 3. The molecule has 4 heteroatoms. The van der Waals surface area contributed by atoms with Gasteiger partial charge in [-0.3, -0.25) is 4.99 Å². The molecule has 102 valence electrons.